The molecule has 1 unspecified atom stereocenters. The van der Waals surface area contributed by atoms with Crippen molar-refractivity contribution in [3.63, 3.8) is 0 Å². The molecule has 4 atom stereocenters. The van der Waals surface area contributed by atoms with Crippen molar-refractivity contribution in [2.45, 2.75) is 18.6 Å². The second-order valence-electron chi connectivity index (χ2n) is 7.54. The maximum Gasteiger partial charge on any atom is 0.414 e. The summed E-state index contributed by atoms with van der Waals surface area (Å²) in [6.07, 6.45) is -0.825. The first-order valence-corrected chi connectivity index (χ1v) is 9.17. The number of ether oxygens (including phenoxy) is 1. The molecular formula is C19H23ClN6O3. The molecule has 154 valence electrons. The maximum atomic E-state index is 12.1. The van der Waals surface area contributed by atoms with Crippen LogP contribution in [0.1, 0.15) is 12.5 Å². The summed E-state index contributed by atoms with van der Waals surface area (Å²) in [7, 11) is 0. The fourth-order valence-corrected chi connectivity index (χ4v) is 4.46. The quantitative estimate of drug-likeness (QED) is 0.385. The minimum atomic E-state index is -0.552. The number of likely N-dealkylation sites (tertiary alicyclic amines) is 1. The molecule has 0 bridgehead atoms. The van der Waals surface area contributed by atoms with Crippen LogP contribution in [0.2, 0.25) is 0 Å². The van der Waals surface area contributed by atoms with Crippen molar-refractivity contribution in [2.75, 3.05) is 31.1 Å². The van der Waals surface area contributed by atoms with E-state index in [4.69, 9.17) is 22.5 Å². The lowest BCUT2D eigenvalue weighted by Gasteiger charge is -2.21. The highest BCUT2D eigenvalue weighted by Crippen LogP contribution is 2.64. The topological polar surface area (TPSA) is 116 Å². The maximum absolute atomic E-state index is 12.1. The fraction of sp³-hybridized carbons (Fsp3) is 0.474. The van der Waals surface area contributed by atoms with Crippen molar-refractivity contribution < 1.29 is 14.3 Å². The Balaban J connectivity index is 0.00000240. The normalized spacial score (nSPS) is 29.4. The lowest BCUT2D eigenvalue weighted by atomic mass is 9.99. The second kappa shape index (κ2) is 7.44. The molecule has 2 amide bonds. The van der Waals surface area contributed by atoms with Crippen molar-refractivity contribution in [3.05, 3.63) is 41.2 Å². The Bertz CT molecular complexity index is 871. The van der Waals surface area contributed by atoms with Gasteiger partial charge in [-0.15, -0.1) is 12.4 Å². The lowest BCUT2D eigenvalue weighted by Crippen LogP contribution is -2.38. The number of cyclic esters (lactones) is 1. The van der Waals surface area contributed by atoms with Crippen molar-refractivity contribution in [2.24, 2.45) is 17.6 Å². The highest BCUT2D eigenvalue weighted by atomic mass is 35.5. The van der Waals surface area contributed by atoms with Crippen LogP contribution in [0.15, 0.2) is 24.3 Å². The molecule has 29 heavy (non-hydrogen) atoms. The third-order valence-electron chi connectivity index (χ3n) is 5.96. The van der Waals surface area contributed by atoms with Crippen molar-refractivity contribution in [1.82, 2.24) is 10.2 Å². The molecule has 3 fully saturated rings. The van der Waals surface area contributed by atoms with Crippen LogP contribution < -0.4 is 16.0 Å². The van der Waals surface area contributed by atoms with E-state index in [1.165, 1.54) is 11.8 Å². The molecule has 2 saturated heterocycles. The summed E-state index contributed by atoms with van der Waals surface area (Å²) in [5.74, 6) is 0.251. The van der Waals surface area contributed by atoms with Crippen LogP contribution in [0.25, 0.3) is 4.85 Å². The van der Waals surface area contributed by atoms with E-state index in [2.05, 4.69) is 10.2 Å². The molecule has 1 aliphatic carbocycles. The molecular weight excluding hydrogens is 396 g/mol. The van der Waals surface area contributed by atoms with E-state index >= 15 is 0 Å². The number of nitrogens with one attached hydrogen (secondary N) is 2. The number of nitrogens with zero attached hydrogens (tertiary/aromatic N) is 3. The average molecular weight is 419 g/mol. The highest BCUT2D eigenvalue weighted by molar-refractivity contribution is 5.90. The Hall–Kier alpha value is -2.99. The number of benzene rings is 1. The van der Waals surface area contributed by atoms with Crippen molar-refractivity contribution >= 4 is 36.1 Å². The molecule has 0 radical (unpaired) electrons. The summed E-state index contributed by atoms with van der Waals surface area (Å²) < 4.78 is 5.29. The Kier molecular flexibility index (Phi) is 5.32. The van der Waals surface area contributed by atoms with Crippen LogP contribution in [-0.4, -0.2) is 55.1 Å². The predicted molar refractivity (Wildman–Crippen MR) is 109 cm³/mol. The molecule has 9 nitrogen and oxygen atoms in total. The zero-order valence-electron chi connectivity index (χ0n) is 15.9. The minimum absolute atomic E-state index is 0. The molecule has 4 N–H and O–H groups in total. The van der Waals surface area contributed by atoms with Crippen LogP contribution in [0.4, 0.5) is 10.5 Å². The van der Waals surface area contributed by atoms with Gasteiger partial charge in [0.15, 0.2) is 5.96 Å². The van der Waals surface area contributed by atoms with Crippen LogP contribution >= 0.6 is 12.4 Å². The van der Waals surface area contributed by atoms with E-state index in [1.807, 2.05) is 29.2 Å². The van der Waals surface area contributed by atoms with Gasteiger partial charge in [-0.05, 0) is 24.3 Å². The van der Waals surface area contributed by atoms with Gasteiger partial charge in [0.2, 0.25) is 5.91 Å². The Morgan fingerprint density at radius 2 is 1.97 bits per heavy atom. The number of anilines is 1. The standard InChI is InChI=1S/C19H22N6O3.ClH/c1-11(26)23-7-14-8-25(18(27)28-14)13-5-3-12(4-6-13)19(22-2)15-9-24(17(20)21)10-16(15)19;/h3-6,14-16H,7-10H2,1H3,(H3,20,21)(H,23,26);1H/t14-,15-,16+,19?;/m0./s1. The van der Waals surface area contributed by atoms with Crippen molar-refractivity contribution in [3.8, 4) is 0 Å². The fourth-order valence-electron chi connectivity index (χ4n) is 4.46. The number of guanidine groups is 1. The first-order valence-electron chi connectivity index (χ1n) is 9.17. The Morgan fingerprint density at radius 1 is 1.34 bits per heavy atom. The van der Waals surface area contributed by atoms with Gasteiger partial charge in [0.05, 0.1) is 24.9 Å². The van der Waals surface area contributed by atoms with Gasteiger partial charge in [0.1, 0.15) is 6.10 Å². The van der Waals surface area contributed by atoms with Gasteiger partial charge >= 0.3 is 6.09 Å². The van der Waals surface area contributed by atoms with Crippen LogP contribution in [0, 0.1) is 23.8 Å². The number of amides is 2. The van der Waals surface area contributed by atoms with Gasteiger partial charge in [-0.25, -0.2) is 11.4 Å². The zero-order chi connectivity index (χ0) is 20.1. The number of rotatable bonds is 4. The lowest BCUT2D eigenvalue weighted by molar-refractivity contribution is -0.119. The smallest absolute Gasteiger partial charge is 0.414 e. The summed E-state index contributed by atoms with van der Waals surface area (Å²) in [6, 6.07) is 7.47. The molecule has 0 aromatic heterocycles. The first kappa shape index (κ1) is 20.7. The molecule has 1 aromatic carbocycles. The third kappa shape index (κ3) is 3.34. The summed E-state index contributed by atoms with van der Waals surface area (Å²) in [6.45, 7) is 11.1. The minimum Gasteiger partial charge on any atom is -0.442 e. The number of halogens is 1. The molecule has 0 spiro atoms. The van der Waals surface area contributed by atoms with E-state index in [0.29, 0.717) is 25.3 Å². The number of carbonyl (C=O) groups is 2. The van der Waals surface area contributed by atoms with E-state index in [9.17, 15) is 9.59 Å². The van der Waals surface area contributed by atoms with Gasteiger partial charge in [-0.1, -0.05) is 0 Å². The number of hydrogen-bond acceptors (Lipinski definition) is 4. The SMILES string of the molecule is Cl.[C-]#[N+]C1(c2ccc(N3C[C@H](CNC(C)=O)OC3=O)cc2)[C@@H]2CN(C(=N)N)C[C@@H]21. The number of fused-ring (bicyclic) bond motifs is 1. The molecule has 2 aliphatic heterocycles. The highest BCUT2D eigenvalue weighted by Gasteiger charge is 2.77. The number of carbonyl (C=O) groups excluding carboxylic acids is 2. The van der Waals surface area contributed by atoms with E-state index in [1.54, 1.807) is 0 Å². The van der Waals surface area contributed by atoms with Crippen LogP contribution in [-0.2, 0) is 15.1 Å². The number of hydrogen-bond donors (Lipinski definition) is 3. The average Bonchev–Trinajstić information content (AvgIpc) is 2.99. The van der Waals surface area contributed by atoms with Gasteiger partial charge in [0.25, 0.3) is 5.54 Å². The number of piperidine rings is 1. The third-order valence-corrected chi connectivity index (χ3v) is 5.96. The Morgan fingerprint density at radius 3 is 2.48 bits per heavy atom. The van der Waals surface area contributed by atoms with E-state index in [-0.39, 0.29) is 48.8 Å². The number of nitrogens with two attached hydrogens (primary N) is 1. The molecule has 3 aliphatic rings. The second-order valence-corrected chi connectivity index (χ2v) is 7.54. The Labute approximate surface area is 174 Å². The van der Waals surface area contributed by atoms with E-state index < -0.39 is 11.6 Å². The molecule has 4 rings (SSSR count). The van der Waals surface area contributed by atoms with Crippen molar-refractivity contribution in [1.29, 1.82) is 5.41 Å². The summed E-state index contributed by atoms with van der Waals surface area (Å²) in [4.78, 5) is 30.5. The molecule has 2 heterocycles. The molecule has 1 aromatic rings. The summed E-state index contributed by atoms with van der Waals surface area (Å²) in [5, 5.41) is 10.2. The summed E-state index contributed by atoms with van der Waals surface area (Å²) >= 11 is 0. The van der Waals surface area contributed by atoms with Crippen LogP contribution in [0.5, 0.6) is 0 Å². The first-order chi connectivity index (χ1) is 13.4. The molecule has 10 heteroatoms. The monoisotopic (exact) mass is 418 g/mol. The van der Waals surface area contributed by atoms with Gasteiger partial charge in [-0.2, -0.15) is 0 Å². The summed E-state index contributed by atoms with van der Waals surface area (Å²) in [5.41, 5.74) is 6.65. The largest absolute Gasteiger partial charge is 0.442 e. The van der Waals surface area contributed by atoms with Gasteiger partial charge < -0.3 is 25.5 Å². The predicted octanol–water partition coefficient (Wildman–Crippen LogP) is 1.14. The molecule has 1 saturated carbocycles. The van der Waals surface area contributed by atoms with Gasteiger partial charge in [-0.3, -0.25) is 15.1 Å². The van der Waals surface area contributed by atoms with E-state index in [0.717, 1.165) is 5.56 Å². The van der Waals surface area contributed by atoms with Crippen LogP contribution in [0.3, 0.4) is 0 Å². The van der Waals surface area contributed by atoms with Gasteiger partial charge in [0, 0.05) is 31.3 Å². The zero-order valence-corrected chi connectivity index (χ0v) is 16.7.